The minimum Gasteiger partial charge on any atom is -0.377 e. The first-order chi connectivity index (χ1) is 10.8. The van der Waals surface area contributed by atoms with Crippen LogP contribution in [0.4, 0.5) is 5.82 Å². The van der Waals surface area contributed by atoms with Crippen molar-refractivity contribution in [3.63, 3.8) is 0 Å². The van der Waals surface area contributed by atoms with Crippen molar-refractivity contribution in [2.45, 2.75) is 38.5 Å². The molecule has 1 fully saturated rings. The van der Waals surface area contributed by atoms with Crippen molar-refractivity contribution in [2.24, 2.45) is 0 Å². The van der Waals surface area contributed by atoms with Gasteiger partial charge in [0.2, 0.25) is 5.28 Å². The van der Waals surface area contributed by atoms with Crippen LogP contribution in [0.25, 0.3) is 10.2 Å². The lowest BCUT2D eigenvalue weighted by atomic mass is 10.0. The molecule has 1 aliphatic rings. The third-order valence-electron chi connectivity index (χ3n) is 4.42. The van der Waals surface area contributed by atoms with E-state index >= 15 is 0 Å². The molecule has 0 saturated carbocycles. The summed E-state index contributed by atoms with van der Waals surface area (Å²) in [7, 11) is 0. The maximum absolute atomic E-state index is 6.28. The molecule has 1 saturated heterocycles. The molecule has 0 radical (unpaired) electrons. The molecule has 0 aliphatic carbocycles. The molecule has 23 heavy (non-hydrogen) atoms. The number of rotatable bonds is 3. The first kappa shape index (κ1) is 17.3. The van der Waals surface area contributed by atoms with Crippen LogP contribution in [0.2, 0.25) is 5.28 Å². The van der Waals surface area contributed by atoms with Gasteiger partial charge in [0, 0.05) is 21.7 Å². The molecular formula is C16H22ClN3OS2. The molecule has 7 heteroatoms. The first-order valence-corrected chi connectivity index (χ1v) is 10.1. The molecular weight excluding hydrogens is 350 g/mol. The number of hydrogen-bond acceptors (Lipinski definition) is 6. The topological polar surface area (TPSA) is 38.2 Å². The van der Waals surface area contributed by atoms with Gasteiger partial charge in [0.05, 0.1) is 29.5 Å². The van der Waals surface area contributed by atoms with Crippen molar-refractivity contribution in [3.05, 3.63) is 15.7 Å². The van der Waals surface area contributed by atoms with E-state index in [-0.39, 0.29) is 10.8 Å². The Morgan fingerprint density at radius 2 is 2.13 bits per heavy atom. The van der Waals surface area contributed by atoms with Gasteiger partial charge >= 0.3 is 0 Å². The van der Waals surface area contributed by atoms with Crippen LogP contribution < -0.4 is 4.90 Å². The summed E-state index contributed by atoms with van der Waals surface area (Å²) < 4.78 is 6.69. The van der Waals surface area contributed by atoms with Crippen LogP contribution in [0, 0.1) is 6.92 Å². The normalized spacial score (nSPS) is 19.6. The number of thiophene rings is 1. The zero-order valence-electron chi connectivity index (χ0n) is 14.1. The number of aromatic nitrogens is 2. The number of thioether (sulfide) groups is 1. The van der Waals surface area contributed by atoms with Gasteiger partial charge in [-0.25, -0.2) is 4.98 Å². The Morgan fingerprint density at radius 3 is 2.78 bits per heavy atom. The molecule has 126 valence electrons. The van der Waals surface area contributed by atoms with Crippen LogP contribution in [-0.4, -0.2) is 42.0 Å². The van der Waals surface area contributed by atoms with Crippen LogP contribution in [0.15, 0.2) is 0 Å². The second kappa shape index (κ2) is 6.39. The summed E-state index contributed by atoms with van der Waals surface area (Å²) in [5.74, 6) is 0.951. The van der Waals surface area contributed by atoms with E-state index in [4.69, 9.17) is 16.3 Å². The second-order valence-corrected chi connectivity index (χ2v) is 9.35. The number of ether oxygens (including phenoxy) is 1. The van der Waals surface area contributed by atoms with Crippen LogP contribution >= 0.6 is 34.7 Å². The summed E-state index contributed by atoms with van der Waals surface area (Å²) >= 11 is 9.89. The molecule has 2 aromatic heterocycles. The van der Waals surface area contributed by atoms with Crippen molar-refractivity contribution in [3.8, 4) is 0 Å². The quantitative estimate of drug-likeness (QED) is 0.744. The van der Waals surface area contributed by atoms with Gasteiger partial charge in [0.1, 0.15) is 0 Å². The Bertz CT molecular complexity index is 732. The Hall–Kier alpha value is -0.560. The smallest absolute Gasteiger partial charge is 0.224 e. The summed E-state index contributed by atoms with van der Waals surface area (Å²) in [6.07, 6.45) is 2.14. The van der Waals surface area contributed by atoms with Crippen molar-refractivity contribution in [1.29, 1.82) is 0 Å². The van der Waals surface area contributed by atoms with Crippen molar-refractivity contribution >= 4 is 50.7 Å². The van der Waals surface area contributed by atoms with E-state index in [0.717, 1.165) is 35.8 Å². The molecule has 0 bridgehead atoms. The maximum atomic E-state index is 6.28. The SMILES string of the molecule is CSC(C)(C)c1c(C)sc2c(N3CCOC[C@H]3C)nc(Cl)nc12. The number of aryl methyl sites for hydroxylation is 1. The Balaban J connectivity index is 2.23. The lowest BCUT2D eigenvalue weighted by Crippen LogP contribution is -2.44. The number of anilines is 1. The van der Waals surface area contributed by atoms with Crippen LogP contribution in [0.1, 0.15) is 31.2 Å². The molecule has 0 N–H and O–H groups in total. The minimum absolute atomic E-state index is 0.00604. The molecule has 0 spiro atoms. The molecule has 0 aromatic carbocycles. The predicted molar refractivity (Wildman–Crippen MR) is 101 cm³/mol. The first-order valence-electron chi connectivity index (χ1n) is 7.72. The van der Waals surface area contributed by atoms with Gasteiger partial charge in [0.15, 0.2) is 5.82 Å². The molecule has 2 aromatic rings. The van der Waals surface area contributed by atoms with Gasteiger partial charge in [-0.2, -0.15) is 16.7 Å². The van der Waals surface area contributed by atoms with Crippen LogP contribution in [0.3, 0.4) is 0 Å². The number of morpholine rings is 1. The van der Waals surface area contributed by atoms with Crippen LogP contribution in [0.5, 0.6) is 0 Å². The summed E-state index contributed by atoms with van der Waals surface area (Å²) in [5.41, 5.74) is 2.28. The standard InChI is InChI=1S/C16H22ClN3OS2/c1-9-8-21-7-6-20(9)14-13-12(18-15(17)19-14)11(10(2)23-13)16(3,4)22-5/h9H,6-8H2,1-5H3/t9-/m1/s1. The van der Waals surface area contributed by atoms with Crippen molar-refractivity contribution in [2.75, 3.05) is 30.9 Å². The fraction of sp³-hybridized carbons (Fsp3) is 0.625. The maximum Gasteiger partial charge on any atom is 0.224 e. The third-order valence-corrected chi connectivity index (χ3v) is 6.90. The third kappa shape index (κ3) is 3.06. The fourth-order valence-electron chi connectivity index (χ4n) is 3.09. The Kier molecular flexibility index (Phi) is 4.80. The highest BCUT2D eigenvalue weighted by Crippen LogP contribution is 2.45. The number of nitrogens with zero attached hydrogens (tertiary/aromatic N) is 3. The number of halogens is 1. The summed E-state index contributed by atoms with van der Waals surface area (Å²) in [6, 6.07) is 0.289. The minimum atomic E-state index is -0.00604. The zero-order valence-corrected chi connectivity index (χ0v) is 16.5. The van der Waals surface area contributed by atoms with Gasteiger partial charge in [-0.3, -0.25) is 0 Å². The lowest BCUT2D eigenvalue weighted by Gasteiger charge is -2.34. The molecule has 1 atom stereocenters. The monoisotopic (exact) mass is 371 g/mol. The highest BCUT2D eigenvalue weighted by molar-refractivity contribution is 7.99. The zero-order chi connectivity index (χ0) is 16.8. The van der Waals surface area contributed by atoms with E-state index in [9.17, 15) is 0 Å². The van der Waals surface area contributed by atoms with Gasteiger partial charge in [-0.05, 0) is 45.6 Å². The van der Waals surface area contributed by atoms with Crippen molar-refractivity contribution < 1.29 is 4.74 Å². The molecule has 4 nitrogen and oxygen atoms in total. The van der Waals surface area contributed by atoms with Crippen LogP contribution in [-0.2, 0) is 9.48 Å². The summed E-state index contributed by atoms with van der Waals surface area (Å²) in [5, 5.41) is 0.321. The van der Waals surface area contributed by atoms with E-state index in [1.807, 2.05) is 11.8 Å². The second-order valence-electron chi connectivity index (χ2n) is 6.36. The molecule has 3 heterocycles. The van der Waals surface area contributed by atoms with Gasteiger partial charge in [0.25, 0.3) is 0 Å². The number of hydrogen-bond donors (Lipinski definition) is 0. The molecule has 3 rings (SSSR count). The largest absolute Gasteiger partial charge is 0.377 e. The highest BCUT2D eigenvalue weighted by atomic mass is 35.5. The van der Waals surface area contributed by atoms with E-state index in [1.54, 1.807) is 11.3 Å². The molecule has 0 amide bonds. The lowest BCUT2D eigenvalue weighted by molar-refractivity contribution is 0.0987. The van der Waals surface area contributed by atoms with Gasteiger partial charge in [-0.1, -0.05) is 0 Å². The Morgan fingerprint density at radius 1 is 1.39 bits per heavy atom. The van der Waals surface area contributed by atoms with Gasteiger partial charge in [-0.15, -0.1) is 11.3 Å². The van der Waals surface area contributed by atoms with Gasteiger partial charge < -0.3 is 9.64 Å². The summed E-state index contributed by atoms with van der Waals surface area (Å²) in [6.45, 7) is 11.1. The highest BCUT2D eigenvalue weighted by Gasteiger charge is 2.30. The summed E-state index contributed by atoms with van der Waals surface area (Å²) in [4.78, 5) is 12.7. The molecule has 1 aliphatic heterocycles. The van der Waals surface area contributed by atoms with E-state index in [0.29, 0.717) is 5.28 Å². The van der Waals surface area contributed by atoms with E-state index in [2.05, 4.69) is 48.8 Å². The van der Waals surface area contributed by atoms with Crippen molar-refractivity contribution in [1.82, 2.24) is 9.97 Å². The molecule has 0 unspecified atom stereocenters. The number of fused-ring (bicyclic) bond motifs is 1. The fourth-order valence-corrected chi connectivity index (χ4v) is 5.04. The average Bonchev–Trinajstić information content (AvgIpc) is 2.83. The predicted octanol–water partition coefficient (Wildman–Crippen LogP) is 4.48. The van der Waals surface area contributed by atoms with E-state index < -0.39 is 0 Å². The van der Waals surface area contributed by atoms with E-state index in [1.165, 1.54) is 10.4 Å². The average molecular weight is 372 g/mol. The Labute approximate surface area is 150 Å².